The summed E-state index contributed by atoms with van der Waals surface area (Å²) in [5, 5.41) is -3.35. The van der Waals surface area contributed by atoms with Crippen molar-refractivity contribution in [3.05, 3.63) is 113 Å². The van der Waals surface area contributed by atoms with Gasteiger partial charge in [0.2, 0.25) is 0 Å². The number of hydrogen-bond donors (Lipinski definition) is 0. The molecule has 0 saturated heterocycles. The molecular weight excluding hydrogens is 935 g/mol. The fourth-order valence-electron chi connectivity index (χ4n) is 6.91. The molecule has 26 heteroatoms. The normalized spacial score (nSPS) is 14.5. The Bertz CT molecular complexity index is 2680. The Kier molecular flexibility index (Phi) is 9.90. The van der Waals surface area contributed by atoms with Gasteiger partial charge >= 0.3 is 54.6 Å². The van der Waals surface area contributed by atoms with Crippen LogP contribution >= 0.6 is 0 Å². The van der Waals surface area contributed by atoms with Crippen molar-refractivity contribution in [3.8, 4) is 11.6 Å². The van der Waals surface area contributed by atoms with Crippen molar-refractivity contribution < 1.29 is 101 Å². The van der Waals surface area contributed by atoms with Gasteiger partial charge in [-0.1, -0.05) is 0 Å². The van der Waals surface area contributed by atoms with Gasteiger partial charge in [-0.15, -0.1) is 0 Å². The number of nitrogens with zero attached hydrogens (tertiary/aromatic N) is 3. The molecule has 3 nitrogen and oxygen atoms in total. The highest BCUT2D eigenvalue weighted by Crippen LogP contribution is 2.60. The number of hydrogen-bond acceptors (Lipinski definition) is 1. The number of alkyl halides is 23. The maximum atomic E-state index is 16.1. The van der Waals surface area contributed by atoms with Crippen LogP contribution in [0.3, 0.4) is 0 Å². The minimum atomic E-state index is -8.05. The molecule has 3 aromatic heterocycles. The average molecular weight is 950 g/mol. The molecule has 0 fully saturated rings. The summed E-state index contributed by atoms with van der Waals surface area (Å²) in [5.74, 6) is -33.6. The molecule has 3 heterocycles. The second-order valence-corrected chi connectivity index (χ2v) is 14.0. The molecule has 0 unspecified atom stereocenters. The molecular formula is C38H14F23N3. The van der Waals surface area contributed by atoms with E-state index in [0.717, 1.165) is 0 Å². The number of rotatable bonds is 6. The number of fused-ring (bicyclic) bond motifs is 6. The molecule has 7 rings (SSSR count). The molecule has 0 N–H and O–H groups in total. The smallest absolute Gasteiger partial charge is 0.294 e. The van der Waals surface area contributed by atoms with E-state index < -0.39 is 150 Å². The van der Waals surface area contributed by atoms with Crippen molar-refractivity contribution in [2.24, 2.45) is 0 Å². The van der Waals surface area contributed by atoms with Crippen LogP contribution in [0, 0.1) is 0 Å². The van der Waals surface area contributed by atoms with Gasteiger partial charge in [0, 0.05) is 27.1 Å². The molecule has 0 saturated carbocycles. The van der Waals surface area contributed by atoms with Crippen LogP contribution in [0.5, 0.6) is 0 Å². The lowest BCUT2D eigenvalue weighted by molar-refractivity contribution is -0.424. The van der Waals surface area contributed by atoms with E-state index in [0.29, 0.717) is 33.4 Å². The minimum Gasteiger partial charge on any atom is -0.294 e. The number of pyridine rings is 1. The highest BCUT2D eigenvalue weighted by molar-refractivity contribution is 6.11. The zero-order valence-electron chi connectivity index (χ0n) is 30.1. The summed E-state index contributed by atoms with van der Waals surface area (Å²) in [6, 6.07) is 2.90. The Morgan fingerprint density at radius 1 is 0.297 bits per heavy atom. The first-order valence-corrected chi connectivity index (χ1v) is 17.0. The number of benzene rings is 4. The third-order valence-electron chi connectivity index (χ3n) is 10.00. The highest BCUT2D eigenvalue weighted by Gasteiger charge is 2.87. The molecule has 0 radical (unpaired) electrons. The lowest BCUT2D eigenvalue weighted by Gasteiger charge is -2.37. The second-order valence-electron chi connectivity index (χ2n) is 14.0. The van der Waals surface area contributed by atoms with Gasteiger partial charge in [0.1, 0.15) is 11.6 Å². The van der Waals surface area contributed by atoms with Gasteiger partial charge in [0.05, 0.1) is 44.3 Å². The summed E-state index contributed by atoms with van der Waals surface area (Å²) in [4.78, 5) is 3.89. The van der Waals surface area contributed by atoms with Crippen molar-refractivity contribution in [1.29, 1.82) is 0 Å². The van der Waals surface area contributed by atoms with Gasteiger partial charge in [0.15, 0.2) is 0 Å². The largest absolute Gasteiger partial charge is 0.460 e. The third kappa shape index (κ3) is 6.97. The molecule has 342 valence electrons. The standard InChI is InChI=1S/C38H14F23N3/c39-30(40,35(53,54)36(55,56)37(57,58)38(59,60)61)19-13-28(63-24-5-1-15(31(41,42)43)9-20(24)21-10-16(32(44,45)46)2-6-25(21)63)62-29(14-19)64-26-7-3-17(33(47,48)49)11-22(26)23-12-18(34(50,51)52)4-8-27(23)64/h1-14H. The predicted octanol–water partition coefficient (Wildman–Crippen LogP) is 14.9. The fraction of sp³-hybridized carbons (Fsp3) is 0.237. The van der Waals surface area contributed by atoms with Crippen LogP contribution in [0.4, 0.5) is 101 Å². The zero-order chi connectivity index (χ0) is 47.9. The van der Waals surface area contributed by atoms with Crippen LogP contribution in [-0.4, -0.2) is 38.1 Å². The van der Waals surface area contributed by atoms with Gasteiger partial charge in [-0.25, -0.2) is 4.98 Å². The van der Waals surface area contributed by atoms with Crippen LogP contribution in [0.2, 0.25) is 0 Å². The van der Waals surface area contributed by atoms with E-state index in [1.165, 1.54) is 0 Å². The lowest BCUT2D eigenvalue weighted by atomic mass is 9.93. The Morgan fingerprint density at radius 2 is 0.562 bits per heavy atom. The molecule has 0 atom stereocenters. The number of halogens is 23. The van der Waals surface area contributed by atoms with Crippen LogP contribution in [0.25, 0.3) is 55.2 Å². The van der Waals surface area contributed by atoms with E-state index in [1.54, 1.807) is 0 Å². The maximum Gasteiger partial charge on any atom is 0.460 e. The predicted molar refractivity (Wildman–Crippen MR) is 178 cm³/mol. The molecule has 0 amide bonds. The lowest BCUT2D eigenvalue weighted by Crippen LogP contribution is -2.65. The van der Waals surface area contributed by atoms with Crippen molar-refractivity contribution in [2.45, 2.75) is 54.6 Å². The number of aromatic nitrogens is 3. The Hall–Kier alpha value is -5.98. The molecule has 0 aliphatic heterocycles. The minimum absolute atomic E-state index is 0.213. The zero-order valence-corrected chi connectivity index (χ0v) is 30.1. The maximum absolute atomic E-state index is 16.1. The van der Waals surface area contributed by atoms with Crippen molar-refractivity contribution in [1.82, 2.24) is 14.1 Å². The fourth-order valence-corrected chi connectivity index (χ4v) is 6.91. The molecule has 4 aromatic carbocycles. The molecule has 0 aliphatic rings. The van der Waals surface area contributed by atoms with Gasteiger partial charge in [-0.05, 0) is 84.9 Å². The van der Waals surface area contributed by atoms with E-state index in [2.05, 4.69) is 4.98 Å². The van der Waals surface area contributed by atoms with Gasteiger partial charge in [-0.2, -0.15) is 101 Å². The SMILES string of the molecule is FC(F)(F)c1ccc2c(c1)c1cc(C(F)(F)F)ccc1n2-c1cc(C(F)(F)C(F)(F)C(F)(F)C(F)(F)C(F)(F)F)cc(-n2c3ccc(C(F)(F)F)cc3c3cc(C(F)(F)F)ccc32)n1. The first kappa shape index (κ1) is 46.0. The third-order valence-corrected chi connectivity index (χ3v) is 10.00. The molecule has 0 bridgehead atoms. The Morgan fingerprint density at radius 3 is 0.797 bits per heavy atom. The molecule has 0 spiro atoms. The summed E-state index contributed by atoms with van der Waals surface area (Å²) < 4.78 is 326. The van der Waals surface area contributed by atoms with Crippen LogP contribution in [-0.2, 0) is 30.6 Å². The van der Waals surface area contributed by atoms with Crippen molar-refractivity contribution >= 4 is 43.6 Å². The van der Waals surface area contributed by atoms with Gasteiger partial charge in [-0.3, -0.25) is 9.13 Å². The summed E-state index contributed by atoms with van der Waals surface area (Å²) in [7, 11) is 0. The second kappa shape index (κ2) is 13.8. The van der Waals surface area contributed by atoms with E-state index in [9.17, 15) is 83.4 Å². The van der Waals surface area contributed by atoms with Crippen LogP contribution in [0.15, 0.2) is 84.9 Å². The Balaban J connectivity index is 1.65. The Labute approximate surface area is 337 Å². The summed E-state index contributed by atoms with van der Waals surface area (Å²) in [6.45, 7) is 0. The first-order chi connectivity index (χ1) is 28.9. The monoisotopic (exact) mass is 949 g/mol. The van der Waals surface area contributed by atoms with Crippen molar-refractivity contribution in [2.75, 3.05) is 0 Å². The van der Waals surface area contributed by atoms with E-state index in [1.807, 2.05) is 0 Å². The summed E-state index contributed by atoms with van der Waals surface area (Å²) >= 11 is 0. The van der Waals surface area contributed by atoms with E-state index >= 15 is 17.6 Å². The quantitative estimate of drug-likeness (QED) is 0.152. The van der Waals surface area contributed by atoms with Crippen molar-refractivity contribution in [3.63, 3.8) is 0 Å². The van der Waals surface area contributed by atoms with Gasteiger partial charge in [0.25, 0.3) is 0 Å². The first-order valence-electron chi connectivity index (χ1n) is 17.0. The summed E-state index contributed by atoms with van der Waals surface area (Å²) in [5.41, 5.74) is -12.1. The highest BCUT2D eigenvalue weighted by atomic mass is 19.4. The van der Waals surface area contributed by atoms with Gasteiger partial charge < -0.3 is 0 Å². The molecule has 7 aromatic rings. The van der Waals surface area contributed by atoms with E-state index in [4.69, 9.17) is 0 Å². The summed E-state index contributed by atoms with van der Waals surface area (Å²) in [6.07, 6.45) is -28.6. The molecule has 64 heavy (non-hydrogen) atoms. The molecule has 0 aliphatic carbocycles. The van der Waals surface area contributed by atoms with Crippen LogP contribution in [0.1, 0.15) is 27.8 Å². The van der Waals surface area contributed by atoms with Crippen LogP contribution < -0.4 is 0 Å². The average Bonchev–Trinajstić information content (AvgIpc) is 3.67. The topological polar surface area (TPSA) is 22.8 Å². The van der Waals surface area contributed by atoms with E-state index in [-0.39, 0.29) is 48.5 Å².